The molecule has 0 unspecified atom stereocenters. The molecular formula is C14H14O3. The Kier molecular flexibility index (Phi) is 2.46. The molecule has 3 heteroatoms. The number of esters is 2. The minimum atomic E-state index is -0.319. The third kappa shape index (κ3) is 1.75. The van der Waals surface area contributed by atoms with E-state index >= 15 is 0 Å². The van der Waals surface area contributed by atoms with Crippen molar-refractivity contribution in [3.63, 3.8) is 0 Å². The predicted molar refractivity (Wildman–Crippen MR) is 61.1 cm³/mol. The lowest BCUT2D eigenvalue weighted by molar-refractivity contribution is -0.153. The topological polar surface area (TPSA) is 43.4 Å². The molecule has 1 saturated carbocycles. The summed E-state index contributed by atoms with van der Waals surface area (Å²) in [6.07, 6.45) is 2.49. The SMILES string of the molecule is O=C1OC(=O)[C@@H]2C[C@H](c3ccccc3)CC[C@H]12. The fourth-order valence-corrected chi connectivity index (χ4v) is 2.99. The highest BCUT2D eigenvalue weighted by Crippen LogP contribution is 2.43. The van der Waals surface area contributed by atoms with Crippen LogP contribution in [0.3, 0.4) is 0 Å². The molecule has 2 aliphatic rings. The molecule has 2 fully saturated rings. The van der Waals surface area contributed by atoms with Gasteiger partial charge in [0.15, 0.2) is 0 Å². The third-order valence-electron chi connectivity index (χ3n) is 3.93. The van der Waals surface area contributed by atoms with E-state index in [4.69, 9.17) is 4.74 Å². The lowest BCUT2D eigenvalue weighted by Crippen LogP contribution is -2.26. The molecule has 0 spiro atoms. The molecule has 0 radical (unpaired) electrons. The van der Waals surface area contributed by atoms with Gasteiger partial charge in [0.1, 0.15) is 0 Å². The van der Waals surface area contributed by atoms with E-state index in [-0.39, 0.29) is 23.8 Å². The van der Waals surface area contributed by atoms with E-state index < -0.39 is 0 Å². The minimum absolute atomic E-state index is 0.178. The van der Waals surface area contributed by atoms with Gasteiger partial charge in [0.05, 0.1) is 11.8 Å². The number of benzene rings is 1. The Morgan fingerprint density at radius 1 is 0.941 bits per heavy atom. The third-order valence-corrected chi connectivity index (χ3v) is 3.93. The normalized spacial score (nSPS) is 32.1. The maximum atomic E-state index is 11.6. The van der Waals surface area contributed by atoms with Gasteiger partial charge in [-0.25, -0.2) is 0 Å². The number of fused-ring (bicyclic) bond motifs is 1. The van der Waals surface area contributed by atoms with Crippen molar-refractivity contribution in [2.75, 3.05) is 0 Å². The second kappa shape index (κ2) is 3.99. The Bertz CT molecular complexity index is 452. The van der Waals surface area contributed by atoms with E-state index in [2.05, 4.69) is 12.1 Å². The zero-order chi connectivity index (χ0) is 11.8. The minimum Gasteiger partial charge on any atom is -0.393 e. The van der Waals surface area contributed by atoms with Crippen molar-refractivity contribution in [1.29, 1.82) is 0 Å². The van der Waals surface area contributed by atoms with Gasteiger partial charge in [-0.2, -0.15) is 0 Å². The van der Waals surface area contributed by atoms with Crippen molar-refractivity contribution in [2.45, 2.75) is 25.2 Å². The summed E-state index contributed by atoms with van der Waals surface area (Å²) in [7, 11) is 0. The van der Waals surface area contributed by atoms with Gasteiger partial charge in [-0.1, -0.05) is 30.3 Å². The average molecular weight is 230 g/mol. The van der Waals surface area contributed by atoms with Gasteiger partial charge in [0.25, 0.3) is 0 Å². The molecule has 3 atom stereocenters. The molecule has 3 nitrogen and oxygen atoms in total. The number of carbonyl (C=O) groups is 2. The lowest BCUT2D eigenvalue weighted by Gasteiger charge is -2.27. The molecule has 1 aromatic rings. The highest BCUT2D eigenvalue weighted by molar-refractivity contribution is 5.96. The number of cyclic esters (lactones) is 2. The van der Waals surface area contributed by atoms with Gasteiger partial charge in [0.2, 0.25) is 0 Å². The first-order valence-electron chi connectivity index (χ1n) is 6.06. The molecular weight excluding hydrogens is 216 g/mol. The molecule has 3 rings (SSSR count). The summed E-state index contributed by atoms with van der Waals surface area (Å²) < 4.78 is 4.71. The van der Waals surface area contributed by atoms with E-state index in [1.807, 2.05) is 18.2 Å². The van der Waals surface area contributed by atoms with Crippen molar-refractivity contribution < 1.29 is 14.3 Å². The van der Waals surface area contributed by atoms with Crippen LogP contribution in [0.4, 0.5) is 0 Å². The van der Waals surface area contributed by atoms with Gasteiger partial charge in [0, 0.05) is 0 Å². The number of hydrogen-bond acceptors (Lipinski definition) is 3. The van der Waals surface area contributed by atoms with E-state index in [0.29, 0.717) is 5.92 Å². The number of hydrogen-bond donors (Lipinski definition) is 0. The Morgan fingerprint density at radius 2 is 1.65 bits per heavy atom. The first kappa shape index (κ1) is 10.5. The summed E-state index contributed by atoms with van der Waals surface area (Å²) in [5.41, 5.74) is 1.26. The first-order chi connectivity index (χ1) is 8.25. The van der Waals surface area contributed by atoms with Crippen molar-refractivity contribution in [3.05, 3.63) is 35.9 Å². The Morgan fingerprint density at radius 3 is 2.41 bits per heavy atom. The van der Waals surface area contributed by atoms with Crippen molar-refractivity contribution >= 4 is 11.9 Å². The van der Waals surface area contributed by atoms with E-state index in [1.165, 1.54) is 5.56 Å². The standard InChI is InChI=1S/C14H14O3/c15-13-11-7-6-10(8-12(11)14(16)17-13)9-4-2-1-3-5-9/h1-5,10-12H,6-8H2/t10-,11+,12-/m1/s1. The summed E-state index contributed by atoms with van der Waals surface area (Å²) in [5.74, 6) is -0.632. The summed E-state index contributed by atoms with van der Waals surface area (Å²) in [6.45, 7) is 0. The first-order valence-corrected chi connectivity index (χ1v) is 6.06. The molecule has 17 heavy (non-hydrogen) atoms. The van der Waals surface area contributed by atoms with Crippen LogP contribution < -0.4 is 0 Å². The maximum Gasteiger partial charge on any atom is 0.317 e. The summed E-state index contributed by atoms with van der Waals surface area (Å²) in [4.78, 5) is 23.0. The van der Waals surface area contributed by atoms with Crippen LogP contribution in [0.15, 0.2) is 30.3 Å². The zero-order valence-electron chi connectivity index (χ0n) is 9.46. The molecule has 0 bridgehead atoms. The van der Waals surface area contributed by atoms with Crippen molar-refractivity contribution in [2.24, 2.45) is 11.8 Å². The maximum absolute atomic E-state index is 11.6. The number of rotatable bonds is 1. The molecule has 1 heterocycles. The largest absolute Gasteiger partial charge is 0.393 e. The van der Waals surface area contributed by atoms with Gasteiger partial charge in [-0.3, -0.25) is 9.59 Å². The van der Waals surface area contributed by atoms with Crippen LogP contribution in [0.2, 0.25) is 0 Å². The monoisotopic (exact) mass is 230 g/mol. The van der Waals surface area contributed by atoms with Gasteiger partial charge >= 0.3 is 11.9 Å². The van der Waals surface area contributed by atoms with E-state index in [1.54, 1.807) is 0 Å². The molecule has 1 saturated heterocycles. The van der Waals surface area contributed by atoms with Crippen LogP contribution >= 0.6 is 0 Å². The lowest BCUT2D eigenvalue weighted by atomic mass is 9.73. The van der Waals surface area contributed by atoms with Crippen LogP contribution in [0.25, 0.3) is 0 Å². The van der Waals surface area contributed by atoms with Crippen LogP contribution in [0, 0.1) is 11.8 Å². The number of ether oxygens (including phenoxy) is 1. The molecule has 0 aromatic heterocycles. The van der Waals surface area contributed by atoms with Crippen LogP contribution in [-0.4, -0.2) is 11.9 Å². The van der Waals surface area contributed by atoms with Crippen LogP contribution in [0.1, 0.15) is 30.7 Å². The fraction of sp³-hybridized carbons (Fsp3) is 0.429. The highest BCUT2D eigenvalue weighted by atomic mass is 16.6. The second-order valence-electron chi connectivity index (χ2n) is 4.87. The average Bonchev–Trinajstić information content (AvgIpc) is 2.66. The molecule has 1 aliphatic heterocycles. The van der Waals surface area contributed by atoms with E-state index in [0.717, 1.165) is 19.3 Å². The van der Waals surface area contributed by atoms with Gasteiger partial charge in [-0.05, 0) is 30.7 Å². The Labute approximate surface area is 99.8 Å². The second-order valence-corrected chi connectivity index (χ2v) is 4.87. The summed E-state index contributed by atoms with van der Waals surface area (Å²) >= 11 is 0. The fourth-order valence-electron chi connectivity index (χ4n) is 2.99. The van der Waals surface area contributed by atoms with Crippen molar-refractivity contribution in [1.82, 2.24) is 0 Å². The molecule has 0 N–H and O–H groups in total. The molecule has 1 aliphatic carbocycles. The van der Waals surface area contributed by atoms with Gasteiger partial charge in [-0.15, -0.1) is 0 Å². The summed E-state index contributed by atoms with van der Waals surface area (Å²) in [5, 5.41) is 0. The van der Waals surface area contributed by atoms with Gasteiger partial charge < -0.3 is 4.74 Å². The predicted octanol–water partition coefficient (Wildman–Crippen LogP) is 2.27. The Balaban J connectivity index is 1.81. The van der Waals surface area contributed by atoms with Crippen LogP contribution in [-0.2, 0) is 14.3 Å². The number of carbonyl (C=O) groups excluding carboxylic acids is 2. The zero-order valence-corrected chi connectivity index (χ0v) is 9.46. The quantitative estimate of drug-likeness (QED) is 0.549. The van der Waals surface area contributed by atoms with Crippen LogP contribution in [0.5, 0.6) is 0 Å². The summed E-state index contributed by atoms with van der Waals surface area (Å²) in [6, 6.07) is 10.2. The smallest absolute Gasteiger partial charge is 0.317 e. The molecule has 88 valence electrons. The Hall–Kier alpha value is -1.64. The molecule has 0 amide bonds. The molecule has 1 aromatic carbocycles. The highest BCUT2D eigenvalue weighted by Gasteiger charge is 2.47. The van der Waals surface area contributed by atoms with Crippen molar-refractivity contribution in [3.8, 4) is 0 Å². The van der Waals surface area contributed by atoms with E-state index in [9.17, 15) is 9.59 Å².